The molecule has 2 heterocycles. The van der Waals surface area contributed by atoms with Gasteiger partial charge < -0.3 is 5.11 Å². The van der Waals surface area contributed by atoms with E-state index in [1.54, 1.807) is 19.2 Å². The second-order valence-corrected chi connectivity index (χ2v) is 3.35. The first-order valence-corrected chi connectivity index (χ1v) is 4.90. The third-order valence-electron chi connectivity index (χ3n) is 1.99. The van der Waals surface area contributed by atoms with E-state index < -0.39 is 18.5 Å². The fourth-order valence-electron chi connectivity index (χ4n) is 1.21. The highest BCUT2D eigenvalue weighted by Gasteiger charge is 2.14. The number of aryl methyl sites for hydroxylation is 1. The van der Waals surface area contributed by atoms with Crippen LogP contribution in [-0.4, -0.2) is 43.2 Å². The monoisotopic (exact) mass is 251 g/mol. The number of nitrogens with zero attached hydrogens (tertiary/aromatic N) is 4. The zero-order valence-corrected chi connectivity index (χ0v) is 9.32. The van der Waals surface area contributed by atoms with Gasteiger partial charge in [0.25, 0.3) is 5.78 Å². The normalized spacial score (nSPS) is 10.5. The fourth-order valence-corrected chi connectivity index (χ4v) is 1.21. The minimum atomic E-state index is -1.20. The number of hydrogen-bond donors (Lipinski definition) is 2. The van der Waals surface area contributed by atoms with Gasteiger partial charge in [-0.1, -0.05) is 0 Å². The van der Waals surface area contributed by atoms with Crippen molar-refractivity contribution in [2.75, 3.05) is 6.61 Å². The van der Waals surface area contributed by atoms with Gasteiger partial charge in [0.1, 0.15) is 0 Å². The molecule has 2 N–H and O–H groups in total. The summed E-state index contributed by atoms with van der Waals surface area (Å²) in [7, 11) is 0. The van der Waals surface area contributed by atoms with Crippen molar-refractivity contribution >= 4 is 17.7 Å². The van der Waals surface area contributed by atoms with Crippen LogP contribution in [0, 0.1) is 6.92 Å². The quantitative estimate of drug-likeness (QED) is 0.681. The first kappa shape index (κ1) is 11.9. The van der Waals surface area contributed by atoms with Crippen molar-refractivity contribution in [1.29, 1.82) is 0 Å². The van der Waals surface area contributed by atoms with Crippen LogP contribution in [0.4, 0.5) is 0 Å². The van der Waals surface area contributed by atoms with Gasteiger partial charge in [0.15, 0.2) is 6.61 Å². The number of hydrogen-bond acceptors (Lipinski definition) is 6. The molecule has 18 heavy (non-hydrogen) atoms. The maximum Gasteiger partial charge on any atom is 0.332 e. The Kier molecular flexibility index (Phi) is 3.15. The summed E-state index contributed by atoms with van der Waals surface area (Å²) in [6.45, 7) is 1.14. The number of carbonyl (C=O) groups is 2. The average molecular weight is 251 g/mol. The summed E-state index contributed by atoms with van der Waals surface area (Å²) in [4.78, 5) is 33.9. The van der Waals surface area contributed by atoms with Crippen LogP contribution in [0.2, 0.25) is 0 Å². The molecule has 0 aliphatic carbocycles. The van der Waals surface area contributed by atoms with E-state index >= 15 is 0 Å². The van der Waals surface area contributed by atoms with Crippen LogP contribution in [0.15, 0.2) is 12.3 Å². The molecule has 0 spiro atoms. The number of aromatic nitrogens is 4. The molecule has 0 radical (unpaired) electrons. The molecule has 0 saturated heterocycles. The Labute approximate surface area is 100 Å². The van der Waals surface area contributed by atoms with E-state index in [4.69, 9.17) is 5.11 Å². The first-order chi connectivity index (χ1) is 8.58. The molecular weight excluding hydrogens is 242 g/mol. The Morgan fingerprint density at radius 3 is 3.00 bits per heavy atom. The van der Waals surface area contributed by atoms with Crippen LogP contribution in [0.25, 0.3) is 5.78 Å². The number of nitrogens with one attached hydrogen (secondary N) is 1. The number of aliphatic carboxylic acids is 1. The molecule has 0 atom stereocenters. The van der Waals surface area contributed by atoms with E-state index in [0.717, 1.165) is 5.69 Å². The number of rotatable bonds is 4. The minimum absolute atomic E-state index is 0.151. The van der Waals surface area contributed by atoms with E-state index in [1.807, 2.05) is 5.48 Å². The maximum absolute atomic E-state index is 11.5. The van der Waals surface area contributed by atoms with Gasteiger partial charge in [-0.2, -0.15) is 4.98 Å². The summed E-state index contributed by atoms with van der Waals surface area (Å²) < 4.78 is 1.39. The van der Waals surface area contributed by atoms with Crippen molar-refractivity contribution in [3.05, 3.63) is 23.8 Å². The Balaban J connectivity index is 2.13. The molecular formula is C9H9N5O4. The van der Waals surface area contributed by atoms with Gasteiger partial charge >= 0.3 is 11.9 Å². The molecule has 2 aromatic heterocycles. The van der Waals surface area contributed by atoms with Gasteiger partial charge in [0, 0.05) is 11.9 Å². The lowest BCUT2D eigenvalue weighted by Gasteiger charge is -1.99. The summed E-state index contributed by atoms with van der Waals surface area (Å²) >= 11 is 0. The third kappa shape index (κ3) is 2.40. The number of hydroxylamine groups is 1. The van der Waals surface area contributed by atoms with Crippen LogP contribution >= 0.6 is 0 Å². The molecule has 2 aromatic rings. The summed E-state index contributed by atoms with van der Waals surface area (Å²) in [6, 6.07) is 1.71. The highest BCUT2D eigenvalue weighted by atomic mass is 16.7. The minimum Gasteiger partial charge on any atom is -0.479 e. The molecule has 0 aliphatic rings. The lowest BCUT2D eigenvalue weighted by atomic mass is 10.5. The van der Waals surface area contributed by atoms with Gasteiger partial charge in [-0.3, -0.25) is 9.63 Å². The Morgan fingerprint density at radius 2 is 2.33 bits per heavy atom. The van der Waals surface area contributed by atoms with E-state index in [2.05, 4.69) is 19.9 Å². The fraction of sp³-hybridized carbons (Fsp3) is 0.222. The molecule has 0 fully saturated rings. The predicted octanol–water partition coefficient (Wildman–Crippen LogP) is -0.821. The van der Waals surface area contributed by atoms with Gasteiger partial charge in [0.2, 0.25) is 5.82 Å². The molecule has 0 saturated carbocycles. The number of amides is 1. The molecule has 94 valence electrons. The van der Waals surface area contributed by atoms with Crippen LogP contribution in [0.1, 0.15) is 16.3 Å². The highest BCUT2D eigenvalue weighted by molar-refractivity contribution is 5.90. The molecule has 0 aliphatic heterocycles. The van der Waals surface area contributed by atoms with Gasteiger partial charge in [-0.15, -0.1) is 5.10 Å². The molecule has 9 heteroatoms. The SMILES string of the molecule is Cc1ccnc2nc(C(=O)NOCC(=O)O)nn12. The van der Waals surface area contributed by atoms with Crippen molar-refractivity contribution in [3.63, 3.8) is 0 Å². The van der Waals surface area contributed by atoms with E-state index in [-0.39, 0.29) is 11.6 Å². The molecule has 2 rings (SSSR count). The standard InChI is InChI=1S/C9H9N5O4/c1-5-2-3-10-9-11-7(12-14(5)9)8(17)13-18-4-6(15)16/h2-3H,4H2,1H3,(H,13,17)(H,15,16). The van der Waals surface area contributed by atoms with E-state index in [0.29, 0.717) is 0 Å². The van der Waals surface area contributed by atoms with Crippen molar-refractivity contribution < 1.29 is 19.5 Å². The Bertz CT molecular complexity index is 608. The summed E-state index contributed by atoms with van der Waals surface area (Å²) in [6.07, 6.45) is 1.54. The highest BCUT2D eigenvalue weighted by Crippen LogP contribution is 2.01. The molecule has 1 amide bonds. The number of carboxylic acid groups (broad SMARTS) is 1. The van der Waals surface area contributed by atoms with Crippen LogP contribution in [0.5, 0.6) is 0 Å². The molecule has 0 unspecified atom stereocenters. The van der Waals surface area contributed by atoms with Crippen molar-refractivity contribution in [2.45, 2.75) is 6.92 Å². The van der Waals surface area contributed by atoms with Crippen LogP contribution < -0.4 is 5.48 Å². The second-order valence-electron chi connectivity index (χ2n) is 3.35. The third-order valence-corrected chi connectivity index (χ3v) is 1.99. The van der Waals surface area contributed by atoms with E-state index in [1.165, 1.54) is 4.52 Å². The summed E-state index contributed by atoms with van der Waals surface area (Å²) in [5, 5.41) is 12.2. The lowest BCUT2D eigenvalue weighted by molar-refractivity contribution is -0.144. The Morgan fingerprint density at radius 1 is 1.56 bits per heavy atom. The zero-order chi connectivity index (χ0) is 13.1. The second kappa shape index (κ2) is 4.75. The van der Waals surface area contributed by atoms with Gasteiger partial charge in [0.05, 0.1) is 0 Å². The number of fused-ring (bicyclic) bond motifs is 1. The number of carbonyl (C=O) groups excluding carboxylic acids is 1. The summed E-state index contributed by atoms with van der Waals surface area (Å²) in [5.74, 6) is -1.81. The van der Waals surface area contributed by atoms with Gasteiger partial charge in [-0.25, -0.2) is 19.8 Å². The largest absolute Gasteiger partial charge is 0.479 e. The van der Waals surface area contributed by atoms with Crippen molar-refractivity contribution in [1.82, 2.24) is 25.1 Å². The van der Waals surface area contributed by atoms with E-state index in [9.17, 15) is 9.59 Å². The molecule has 9 nitrogen and oxygen atoms in total. The lowest BCUT2D eigenvalue weighted by Crippen LogP contribution is -2.27. The average Bonchev–Trinajstić information content (AvgIpc) is 2.74. The van der Waals surface area contributed by atoms with Crippen LogP contribution in [-0.2, 0) is 9.63 Å². The van der Waals surface area contributed by atoms with Crippen molar-refractivity contribution in [2.24, 2.45) is 0 Å². The van der Waals surface area contributed by atoms with Crippen LogP contribution in [0.3, 0.4) is 0 Å². The maximum atomic E-state index is 11.5. The zero-order valence-electron chi connectivity index (χ0n) is 9.32. The summed E-state index contributed by atoms with van der Waals surface area (Å²) in [5.41, 5.74) is 2.69. The molecule has 0 aromatic carbocycles. The van der Waals surface area contributed by atoms with Crippen molar-refractivity contribution in [3.8, 4) is 0 Å². The predicted molar refractivity (Wildman–Crippen MR) is 56.6 cm³/mol. The Hall–Kier alpha value is -2.55. The number of carboxylic acids is 1. The van der Waals surface area contributed by atoms with Gasteiger partial charge in [-0.05, 0) is 13.0 Å². The topological polar surface area (TPSA) is 119 Å². The molecule has 0 bridgehead atoms. The first-order valence-electron chi connectivity index (χ1n) is 4.90. The smallest absolute Gasteiger partial charge is 0.332 e.